The van der Waals surface area contributed by atoms with E-state index in [-0.39, 0.29) is 23.8 Å². The molecule has 0 saturated heterocycles. The smallest absolute Gasteiger partial charge is 0.259 e. The molecule has 0 atom stereocenters. The fourth-order valence-electron chi connectivity index (χ4n) is 3.60. The highest BCUT2D eigenvalue weighted by Gasteiger charge is 2.21. The summed E-state index contributed by atoms with van der Waals surface area (Å²) in [5.41, 5.74) is 2.60. The van der Waals surface area contributed by atoms with Crippen molar-refractivity contribution in [2.75, 3.05) is 12.4 Å². The van der Waals surface area contributed by atoms with Crippen LogP contribution < -0.4 is 16.2 Å². The Morgan fingerprint density at radius 2 is 1.97 bits per heavy atom. The first-order valence-corrected chi connectivity index (χ1v) is 10.5. The Hall–Kier alpha value is -3.00. The lowest BCUT2D eigenvalue weighted by atomic mass is 10.1. The molecule has 1 aliphatic carbocycles. The van der Waals surface area contributed by atoms with Crippen LogP contribution in [-0.2, 0) is 35.3 Å². The molecule has 1 aliphatic rings. The van der Waals surface area contributed by atoms with Crippen molar-refractivity contribution in [1.82, 2.24) is 15.3 Å². The maximum absolute atomic E-state index is 12.5. The fraction of sp³-hybridized carbons (Fsp3) is 0.333. The van der Waals surface area contributed by atoms with Crippen LogP contribution in [0.25, 0.3) is 10.2 Å². The molecule has 2 aromatic heterocycles. The van der Waals surface area contributed by atoms with Gasteiger partial charge in [-0.1, -0.05) is 12.1 Å². The van der Waals surface area contributed by atoms with Crippen LogP contribution in [-0.4, -0.2) is 28.8 Å². The molecule has 0 aliphatic heterocycles. The lowest BCUT2D eigenvalue weighted by Crippen LogP contribution is -2.20. The third-order valence-corrected chi connectivity index (χ3v) is 6.28. The predicted molar refractivity (Wildman–Crippen MR) is 113 cm³/mol. The Bertz CT molecular complexity index is 1130. The third-order valence-electron chi connectivity index (χ3n) is 5.09. The van der Waals surface area contributed by atoms with E-state index in [1.165, 1.54) is 4.88 Å². The van der Waals surface area contributed by atoms with Gasteiger partial charge in [0.15, 0.2) is 0 Å². The summed E-state index contributed by atoms with van der Waals surface area (Å²) in [5, 5.41) is 6.14. The normalized spacial score (nSPS) is 12.7. The average molecular weight is 410 g/mol. The van der Waals surface area contributed by atoms with Gasteiger partial charge in [0.05, 0.1) is 11.8 Å². The molecule has 0 spiro atoms. The summed E-state index contributed by atoms with van der Waals surface area (Å²) in [7, 11) is 1.60. The van der Waals surface area contributed by atoms with E-state index in [4.69, 9.17) is 0 Å². The minimum atomic E-state index is -0.152. The molecule has 0 saturated carbocycles. The predicted octanol–water partition coefficient (Wildman–Crippen LogP) is 2.33. The van der Waals surface area contributed by atoms with Crippen molar-refractivity contribution in [1.29, 1.82) is 0 Å². The number of rotatable bonds is 6. The highest BCUT2D eigenvalue weighted by atomic mass is 32.1. The van der Waals surface area contributed by atoms with Gasteiger partial charge in [0.1, 0.15) is 10.7 Å². The highest BCUT2D eigenvalue weighted by molar-refractivity contribution is 7.18. The van der Waals surface area contributed by atoms with Crippen molar-refractivity contribution < 1.29 is 9.59 Å². The van der Waals surface area contributed by atoms with Gasteiger partial charge in [-0.3, -0.25) is 14.4 Å². The zero-order valence-corrected chi connectivity index (χ0v) is 16.9. The maximum atomic E-state index is 12.5. The number of aromatic nitrogens is 2. The molecular weight excluding hydrogens is 388 g/mol. The van der Waals surface area contributed by atoms with Crippen LogP contribution in [0.3, 0.4) is 0 Å². The number of amides is 2. The number of nitrogens with one attached hydrogen (secondary N) is 3. The van der Waals surface area contributed by atoms with Crippen molar-refractivity contribution in [3.05, 3.63) is 56.4 Å². The van der Waals surface area contributed by atoms with Crippen LogP contribution >= 0.6 is 11.3 Å². The van der Waals surface area contributed by atoms with Gasteiger partial charge in [0.25, 0.3) is 5.56 Å². The molecule has 8 heteroatoms. The molecule has 29 heavy (non-hydrogen) atoms. The number of thiophene rings is 1. The van der Waals surface area contributed by atoms with E-state index in [1.54, 1.807) is 30.5 Å². The Labute approximate surface area is 171 Å². The average Bonchev–Trinajstić information content (AvgIpc) is 3.28. The zero-order valence-electron chi connectivity index (χ0n) is 16.1. The third kappa shape index (κ3) is 4.22. The summed E-state index contributed by atoms with van der Waals surface area (Å²) >= 11 is 1.60. The molecule has 1 aromatic carbocycles. The zero-order chi connectivity index (χ0) is 20.4. The van der Waals surface area contributed by atoms with Gasteiger partial charge in [0, 0.05) is 30.5 Å². The van der Waals surface area contributed by atoms with Gasteiger partial charge in [-0.25, -0.2) is 4.98 Å². The molecule has 4 rings (SSSR count). The number of anilines is 1. The van der Waals surface area contributed by atoms with E-state index in [9.17, 15) is 14.4 Å². The monoisotopic (exact) mass is 410 g/mol. The Kier molecular flexibility index (Phi) is 5.44. The summed E-state index contributed by atoms with van der Waals surface area (Å²) in [6, 6.07) is 7.17. The van der Waals surface area contributed by atoms with Gasteiger partial charge in [-0.05, 0) is 42.5 Å². The number of hydrogen-bond donors (Lipinski definition) is 3. The summed E-state index contributed by atoms with van der Waals surface area (Å²) in [6.07, 6.45) is 3.97. The quantitative estimate of drug-likeness (QED) is 0.580. The Balaban J connectivity index is 1.37. The Morgan fingerprint density at radius 1 is 1.17 bits per heavy atom. The molecule has 0 bridgehead atoms. The van der Waals surface area contributed by atoms with E-state index in [2.05, 4.69) is 20.6 Å². The Morgan fingerprint density at radius 3 is 2.72 bits per heavy atom. The maximum Gasteiger partial charge on any atom is 0.259 e. The molecule has 7 nitrogen and oxygen atoms in total. The van der Waals surface area contributed by atoms with Crippen molar-refractivity contribution in [2.45, 2.75) is 38.5 Å². The van der Waals surface area contributed by atoms with Gasteiger partial charge < -0.3 is 15.6 Å². The number of nitrogens with zero attached hydrogens (tertiary/aromatic N) is 1. The van der Waals surface area contributed by atoms with Crippen LogP contribution in [0.4, 0.5) is 5.69 Å². The van der Waals surface area contributed by atoms with Crippen LogP contribution in [0, 0.1) is 0 Å². The topological polar surface area (TPSA) is 104 Å². The van der Waals surface area contributed by atoms with Gasteiger partial charge in [0.2, 0.25) is 11.8 Å². The lowest BCUT2D eigenvalue weighted by Gasteiger charge is -2.07. The van der Waals surface area contributed by atoms with Crippen LogP contribution in [0.5, 0.6) is 0 Å². The first-order valence-electron chi connectivity index (χ1n) is 9.66. The minimum absolute atomic E-state index is 0.0591. The lowest BCUT2D eigenvalue weighted by molar-refractivity contribution is -0.120. The molecule has 150 valence electrons. The number of H-pyrrole nitrogens is 1. The number of carbonyl (C=O) groups is 2. The second kappa shape index (κ2) is 8.16. The van der Waals surface area contributed by atoms with E-state index in [0.29, 0.717) is 24.4 Å². The summed E-state index contributed by atoms with van der Waals surface area (Å²) in [6.45, 7) is 0. The number of benzene rings is 1. The first-order chi connectivity index (χ1) is 14.0. The molecular formula is C21H22N4O3S. The standard InChI is InChI=1S/C21H22N4O3S/c1-22-18(27)11-12-5-7-13(8-6-12)23-17(26)10-9-16-24-20(28)19-14-3-2-4-15(14)29-21(19)25-16/h5-8H,2-4,9-11H2,1H3,(H,22,27)(H,23,26)(H,24,25,28). The van der Waals surface area contributed by atoms with Crippen molar-refractivity contribution in [3.63, 3.8) is 0 Å². The first kappa shape index (κ1) is 19.3. The number of aromatic amines is 1. The molecule has 3 aromatic rings. The second-order valence-corrected chi connectivity index (χ2v) is 8.23. The molecule has 2 heterocycles. The minimum Gasteiger partial charge on any atom is -0.359 e. The molecule has 3 N–H and O–H groups in total. The number of fused-ring (bicyclic) bond motifs is 3. The van der Waals surface area contributed by atoms with Crippen LogP contribution in [0.2, 0.25) is 0 Å². The van der Waals surface area contributed by atoms with Gasteiger partial charge in [-0.2, -0.15) is 0 Å². The van der Waals surface area contributed by atoms with Gasteiger partial charge in [-0.15, -0.1) is 11.3 Å². The number of hydrogen-bond acceptors (Lipinski definition) is 5. The van der Waals surface area contributed by atoms with E-state index in [0.717, 1.165) is 40.6 Å². The van der Waals surface area contributed by atoms with Crippen molar-refractivity contribution in [3.8, 4) is 0 Å². The van der Waals surface area contributed by atoms with Crippen molar-refractivity contribution >= 4 is 39.1 Å². The fourth-order valence-corrected chi connectivity index (χ4v) is 4.88. The van der Waals surface area contributed by atoms with E-state index < -0.39 is 0 Å². The van der Waals surface area contributed by atoms with E-state index in [1.807, 2.05) is 12.1 Å². The molecule has 0 fully saturated rings. The SMILES string of the molecule is CNC(=O)Cc1ccc(NC(=O)CCc2nc3sc4c(c3c(=O)[nH]2)CCC4)cc1. The summed E-state index contributed by atoms with van der Waals surface area (Å²) in [4.78, 5) is 45.6. The van der Waals surface area contributed by atoms with Gasteiger partial charge >= 0.3 is 0 Å². The second-order valence-electron chi connectivity index (χ2n) is 7.15. The molecule has 2 amide bonds. The van der Waals surface area contributed by atoms with Crippen LogP contribution in [0.15, 0.2) is 29.1 Å². The molecule has 0 radical (unpaired) electrons. The number of likely N-dealkylation sites (N-methyl/N-ethyl adjacent to an activating group) is 1. The van der Waals surface area contributed by atoms with Crippen LogP contribution in [0.1, 0.15) is 34.7 Å². The summed E-state index contributed by atoms with van der Waals surface area (Å²) in [5.74, 6) is 0.329. The number of carbonyl (C=O) groups excluding carboxylic acids is 2. The number of aryl methyl sites for hydroxylation is 3. The summed E-state index contributed by atoms with van der Waals surface area (Å²) < 4.78 is 0. The van der Waals surface area contributed by atoms with Crippen molar-refractivity contribution in [2.24, 2.45) is 0 Å². The largest absolute Gasteiger partial charge is 0.359 e. The molecule has 0 unspecified atom stereocenters. The highest BCUT2D eigenvalue weighted by Crippen LogP contribution is 2.34. The van der Waals surface area contributed by atoms with E-state index >= 15 is 0 Å².